The van der Waals surface area contributed by atoms with Crippen molar-refractivity contribution in [3.8, 4) is 16.8 Å². The van der Waals surface area contributed by atoms with E-state index in [1.54, 1.807) is 4.68 Å². The summed E-state index contributed by atoms with van der Waals surface area (Å²) in [5, 5.41) is 6.63. The summed E-state index contributed by atoms with van der Waals surface area (Å²) >= 11 is 0. The number of para-hydroxylation sites is 1. The van der Waals surface area contributed by atoms with Crippen LogP contribution in [0.3, 0.4) is 0 Å². The molecule has 1 aliphatic heterocycles. The fourth-order valence-electron chi connectivity index (χ4n) is 5.03. The predicted molar refractivity (Wildman–Crippen MR) is 130 cm³/mol. The smallest absolute Gasteiger partial charge is 0.277 e. The third-order valence-electron chi connectivity index (χ3n) is 6.60. The van der Waals surface area contributed by atoms with Crippen molar-refractivity contribution < 1.29 is 4.79 Å². The highest BCUT2D eigenvalue weighted by molar-refractivity contribution is 6.01. The lowest BCUT2D eigenvalue weighted by atomic mass is 9.76. The zero-order valence-electron chi connectivity index (χ0n) is 18.0. The van der Waals surface area contributed by atoms with Gasteiger partial charge in [0.25, 0.3) is 5.56 Å². The molecule has 5 nitrogen and oxygen atoms in total. The van der Waals surface area contributed by atoms with Gasteiger partial charge in [0.1, 0.15) is 5.82 Å². The zero-order valence-corrected chi connectivity index (χ0v) is 18.0. The van der Waals surface area contributed by atoms with Gasteiger partial charge in [-0.1, -0.05) is 72.8 Å². The molecule has 0 radical (unpaired) electrons. The molecule has 1 aromatic heterocycles. The number of hydrogen-bond acceptors (Lipinski definition) is 3. The van der Waals surface area contributed by atoms with Crippen molar-refractivity contribution in [1.29, 1.82) is 0 Å². The Morgan fingerprint density at radius 1 is 0.758 bits per heavy atom. The van der Waals surface area contributed by atoms with Gasteiger partial charge in [-0.05, 0) is 41.7 Å². The number of nitrogens with zero attached hydrogens (tertiary/aromatic N) is 1. The summed E-state index contributed by atoms with van der Waals surface area (Å²) in [6.07, 6.45) is 2.15. The van der Waals surface area contributed by atoms with E-state index in [4.69, 9.17) is 0 Å². The largest absolute Gasteiger partial charge is 0.343 e. The molecule has 162 valence electrons. The number of Topliss-reactive ketones (excluding diaryl/α,β-unsaturated/α-hetero) is 1. The highest BCUT2D eigenvalue weighted by Crippen LogP contribution is 2.43. The molecule has 0 saturated carbocycles. The fourth-order valence-corrected chi connectivity index (χ4v) is 5.03. The first kappa shape index (κ1) is 19.6. The second-order valence-corrected chi connectivity index (χ2v) is 8.59. The van der Waals surface area contributed by atoms with Gasteiger partial charge in [0.05, 0.1) is 11.3 Å². The summed E-state index contributed by atoms with van der Waals surface area (Å²) < 4.78 is 1.56. The summed E-state index contributed by atoms with van der Waals surface area (Å²) in [5.41, 5.74) is 6.09. The van der Waals surface area contributed by atoms with E-state index in [-0.39, 0.29) is 17.3 Å². The summed E-state index contributed by atoms with van der Waals surface area (Å²) in [7, 11) is 0. The van der Waals surface area contributed by atoms with Crippen LogP contribution < -0.4 is 10.9 Å². The number of carbonyl (C=O) groups excluding carboxylic acids is 1. The van der Waals surface area contributed by atoms with Crippen LogP contribution in [0.4, 0.5) is 5.82 Å². The summed E-state index contributed by atoms with van der Waals surface area (Å²) in [4.78, 5) is 26.7. The van der Waals surface area contributed by atoms with Gasteiger partial charge < -0.3 is 5.32 Å². The van der Waals surface area contributed by atoms with Crippen LogP contribution >= 0.6 is 0 Å². The average molecular weight is 434 g/mol. The molecule has 6 rings (SSSR count). The number of fused-ring (bicyclic) bond motifs is 1. The first-order chi connectivity index (χ1) is 16.2. The Labute approximate surface area is 191 Å². The number of carbonyl (C=O) groups is 1. The quantitative estimate of drug-likeness (QED) is 0.455. The number of nitrogens with one attached hydrogen (secondary N) is 2. The average Bonchev–Trinajstić information content (AvgIpc) is 3.20. The minimum Gasteiger partial charge on any atom is -0.343 e. The van der Waals surface area contributed by atoms with E-state index in [1.165, 1.54) is 0 Å². The Kier molecular flexibility index (Phi) is 4.61. The van der Waals surface area contributed by atoms with E-state index >= 15 is 0 Å². The monoisotopic (exact) mass is 433 g/mol. The second kappa shape index (κ2) is 7.78. The Hall–Kier alpha value is -4.12. The summed E-state index contributed by atoms with van der Waals surface area (Å²) in [6.45, 7) is 0. The number of aromatic nitrogens is 2. The van der Waals surface area contributed by atoms with E-state index < -0.39 is 0 Å². The van der Waals surface area contributed by atoms with Crippen molar-refractivity contribution >= 4 is 11.6 Å². The molecule has 5 heteroatoms. The molecular weight excluding hydrogens is 410 g/mol. The molecule has 3 aromatic carbocycles. The fraction of sp³-hybridized carbons (Fsp3) is 0.143. The molecule has 2 N–H and O–H groups in total. The number of benzene rings is 3. The molecule has 0 fully saturated rings. The van der Waals surface area contributed by atoms with Gasteiger partial charge in [-0.3, -0.25) is 14.7 Å². The summed E-state index contributed by atoms with van der Waals surface area (Å²) in [5.74, 6) is 0.412. The standard InChI is InChI=1S/C28H23N3O2/c32-23-13-7-12-22-25(23)24(20-16-14-19(15-17-20)18-8-3-1-4-9-18)26-27(29-22)30-31(28(26)33)21-10-5-2-6-11-21/h1-6,8-11,14-17,24,29-30H,7,12-13H2/t24-/m1/s1. The van der Waals surface area contributed by atoms with E-state index in [2.05, 4.69) is 34.7 Å². The molecular formula is C28H23N3O2. The molecule has 1 atom stereocenters. The summed E-state index contributed by atoms with van der Waals surface area (Å²) in [6, 6.07) is 28.0. The van der Waals surface area contributed by atoms with Gasteiger partial charge >= 0.3 is 0 Å². The van der Waals surface area contributed by atoms with Crippen molar-refractivity contribution in [2.75, 3.05) is 5.32 Å². The van der Waals surface area contributed by atoms with E-state index in [0.717, 1.165) is 46.5 Å². The number of rotatable bonds is 3. The SMILES string of the molecule is O=C1CCCC2=C1[C@@H](c1ccc(-c3ccccc3)cc1)c1c([nH]n(-c3ccccc3)c1=O)N2. The highest BCUT2D eigenvalue weighted by atomic mass is 16.1. The molecule has 0 saturated heterocycles. The lowest BCUT2D eigenvalue weighted by molar-refractivity contribution is -0.116. The molecule has 1 aliphatic carbocycles. The molecule has 0 unspecified atom stereocenters. The minimum atomic E-state index is -0.386. The maximum absolute atomic E-state index is 13.6. The zero-order chi connectivity index (χ0) is 22.4. The van der Waals surface area contributed by atoms with Gasteiger partial charge in [0.15, 0.2) is 5.78 Å². The Balaban J connectivity index is 1.51. The molecule has 0 amide bonds. The van der Waals surface area contributed by atoms with E-state index in [1.807, 2.05) is 60.7 Å². The Bertz CT molecular complexity index is 1430. The molecule has 33 heavy (non-hydrogen) atoms. The molecule has 2 aliphatic rings. The van der Waals surface area contributed by atoms with E-state index in [0.29, 0.717) is 17.8 Å². The van der Waals surface area contributed by atoms with Crippen LogP contribution in [-0.4, -0.2) is 15.6 Å². The third-order valence-corrected chi connectivity index (χ3v) is 6.60. The van der Waals surface area contributed by atoms with Crippen LogP contribution in [0.1, 0.15) is 36.3 Å². The minimum absolute atomic E-state index is 0.124. The van der Waals surface area contributed by atoms with Gasteiger partial charge in [0, 0.05) is 23.6 Å². The first-order valence-electron chi connectivity index (χ1n) is 11.3. The van der Waals surface area contributed by atoms with Gasteiger partial charge in [-0.2, -0.15) is 0 Å². The lowest BCUT2D eigenvalue weighted by Crippen LogP contribution is -2.29. The van der Waals surface area contributed by atoms with Crippen LogP contribution in [0.2, 0.25) is 0 Å². The van der Waals surface area contributed by atoms with Crippen LogP contribution in [0, 0.1) is 0 Å². The number of ketones is 1. The normalized spacial score (nSPS) is 17.3. The second-order valence-electron chi connectivity index (χ2n) is 8.59. The number of anilines is 1. The number of allylic oxidation sites excluding steroid dienone is 2. The number of aromatic amines is 1. The topological polar surface area (TPSA) is 66.9 Å². The molecule has 2 heterocycles. The van der Waals surface area contributed by atoms with Crippen molar-refractivity contribution in [2.24, 2.45) is 0 Å². The molecule has 0 spiro atoms. The van der Waals surface area contributed by atoms with Gasteiger partial charge in [-0.15, -0.1) is 0 Å². The lowest BCUT2D eigenvalue weighted by Gasteiger charge is -2.31. The van der Waals surface area contributed by atoms with Crippen LogP contribution in [0.15, 0.2) is 101 Å². The molecule has 4 aromatic rings. The Morgan fingerprint density at radius 3 is 2.15 bits per heavy atom. The predicted octanol–water partition coefficient (Wildman–Crippen LogP) is 5.40. The Morgan fingerprint density at radius 2 is 1.42 bits per heavy atom. The van der Waals surface area contributed by atoms with Crippen LogP contribution in [0.25, 0.3) is 16.8 Å². The first-order valence-corrected chi connectivity index (χ1v) is 11.3. The van der Waals surface area contributed by atoms with Crippen molar-refractivity contribution in [3.63, 3.8) is 0 Å². The van der Waals surface area contributed by atoms with Gasteiger partial charge in [0.2, 0.25) is 0 Å². The van der Waals surface area contributed by atoms with Crippen molar-refractivity contribution in [3.05, 3.63) is 118 Å². The van der Waals surface area contributed by atoms with Crippen molar-refractivity contribution in [1.82, 2.24) is 9.78 Å². The maximum atomic E-state index is 13.6. The van der Waals surface area contributed by atoms with Gasteiger partial charge in [-0.25, -0.2) is 4.68 Å². The van der Waals surface area contributed by atoms with E-state index in [9.17, 15) is 9.59 Å². The number of hydrogen-bond donors (Lipinski definition) is 2. The maximum Gasteiger partial charge on any atom is 0.277 e. The molecule has 0 bridgehead atoms. The number of H-pyrrole nitrogens is 1. The van der Waals surface area contributed by atoms with Crippen LogP contribution in [-0.2, 0) is 4.79 Å². The van der Waals surface area contributed by atoms with Crippen molar-refractivity contribution in [2.45, 2.75) is 25.2 Å². The third kappa shape index (κ3) is 3.24. The van der Waals surface area contributed by atoms with Crippen LogP contribution in [0.5, 0.6) is 0 Å². The highest BCUT2D eigenvalue weighted by Gasteiger charge is 2.38.